The number of ketones is 1. The number of Topliss-reactive ketones (excluding diaryl/α,β-unsaturated/α-hetero) is 1. The number of aliphatic hydroxyl groups is 1. The van der Waals surface area contributed by atoms with Gasteiger partial charge in [0.25, 0.3) is 0 Å². The van der Waals surface area contributed by atoms with E-state index in [4.69, 9.17) is 19.3 Å². The molecule has 6 nitrogen and oxygen atoms in total. The van der Waals surface area contributed by atoms with E-state index in [0.29, 0.717) is 13.0 Å². The number of epoxide rings is 1. The first-order valence-electron chi connectivity index (χ1n) is 11.6. The van der Waals surface area contributed by atoms with Crippen LogP contribution in [0.25, 0.3) is 0 Å². The molecule has 7 heteroatoms. The van der Waals surface area contributed by atoms with E-state index in [2.05, 4.69) is 19.6 Å². The number of ether oxygens (including phenoxy) is 3. The maximum absolute atomic E-state index is 13.4. The van der Waals surface area contributed by atoms with Crippen LogP contribution in [-0.2, 0) is 23.8 Å². The van der Waals surface area contributed by atoms with Crippen LogP contribution in [0.15, 0.2) is 24.5 Å². The molecule has 1 N–H and O–H groups in total. The molecule has 1 saturated carbocycles. The molecule has 4 rings (SSSR count). The van der Waals surface area contributed by atoms with Crippen molar-refractivity contribution in [3.63, 3.8) is 0 Å². The Kier molecular flexibility index (Phi) is 8.32. The van der Waals surface area contributed by atoms with Crippen molar-refractivity contribution in [2.24, 2.45) is 23.2 Å². The monoisotopic (exact) mass is 454 g/mol. The SMILES string of the molecule is C=CO.CC.CC(=O)OCC1=CCC[C@@]2(C)C1CO[C@]1(C)C(=O)C(C(C)CF)C[C@@H]3O[C@]321. The van der Waals surface area contributed by atoms with E-state index in [1.54, 1.807) is 6.92 Å². The molecule has 0 aromatic carbocycles. The van der Waals surface area contributed by atoms with Crippen LogP contribution in [0.3, 0.4) is 0 Å². The van der Waals surface area contributed by atoms with Gasteiger partial charge in [0, 0.05) is 24.2 Å². The predicted octanol–water partition coefficient (Wildman–Crippen LogP) is 4.73. The number of fused-ring (bicyclic) bond motifs is 1. The Bertz CT molecular complexity index is 751. The van der Waals surface area contributed by atoms with Gasteiger partial charge in [0.15, 0.2) is 11.4 Å². The Morgan fingerprint density at radius 2 is 2.06 bits per heavy atom. The lowest BCUT2D eigenvalue weighted by Crippen LogP contribution is -2.70. The highest BCUT2D eigenvalue weighted by Crippen LogP contribution is 2.70. The average molecular weight is 455 g/mol. The molecular weight excluding hydrogens is 415 g/mol. The molecular formula is C25H39FO6. The second kappa shape index (κ2) is 10.0. The highest BCUT2D eigenvalue weighted by atomic mass is 19.1. The van der Waals surface area contributed by atoms with Gasteiger partial charge in [-0.1, -0.05) is 40.3 Å². The number of rotatable bonds is 4. The maximum atomic E-state index is 13.4. The molecule has 2 saturated heterocycles. The fourth-order valence-corrected chi connectivity index (χ4v) is 6.14. The van der Waals surface area contributed by atoms with Crippen molar-refractivity contribution in [2.75, 3.05) is 19.9 Å². The summed E-state index contributed by atoms with van der Waals surface area (Å²) < 4.78 is 31.1. The summed E-state index contributed by atoms with van der Waals surface area (Å²) in [4.78, 5) is 24.6. The third-order valence-corrected chi connectivity index (χ3v) is 7.75. The van der Waals surface area contributed by atoms with Crippen LogP contribution >= 0.6 is 0 Å². The zero-order chi connectivity index (χ0) is 24.3. The molecule has 3 fully saturated rings. The van der Waals surface area contributed by atoms with Crippen molar-refractivity contribution in [3.8, 4) is 0 Å². The van der Waals surface area contributed by atoms with Gasteiger partial charge in [0.1, 0.15) is 12.2 Å². The normalized spacial score (nSPS) is 39.8. The molecule has 0 radical (unpaired) electrons. The summed E-state index contributed by atoms with van der Waals surface area (Å²) in [6.07, 6.45) is 5.12. The van der Waals surface area contributed by atoms with Crippen molar-refractivity contribution < 1.29 is 33.3 Å². The lowest BCUT2D eigenvalue weighted by Gasteiger charge is -2.58. The van der Waals surface area contributed by atoms with Gasteiger partial charge in [-0.15, -0.1) is 0 Å². The molecule has 2 heterocycles. The van der Waals surface area contributed by atoms with E-state index in [0.717, 1.165) is 24.7 Å². The first-order chi connectivity index (χ1) is 15.1. The highest BCUT2D eigenvalue weighted by molar-refractivity contribution is 5.93. The zero-order valence-electron chi connectivity index (χ0n) is 20.3. The molecule has 2 aliphatic carbocycles. The predicted molar refractivity (Wildman–Crippen MR) is 120 cm³/mol. The first kappa shape index (κ1) is 26.5. The summed E-state index contributed by atoms with van der Waals surface area (Å²) in [6, 6.07) is 0. The summed E-state index contributed by atoms with van der Waals surface area (Å²) in [7, 11) is 0. The number of aliphatic hydroxyl groups excluding tert-OH is 1. The van der Waals surface area contributed by atoms with E-state index in [9.17, 15) is 14.0 Å². The van der Waals surface area contributed by atoms with Crippen LogP contribution in [0.2, 0.25) is 0 Å². The highest BCUT2D eigenvalue weighted by Gasteiger charge is 2.83. The molecule has 3 unspecified atom stereocenters. The molecule has 2 aliphatic heterocycles. The zero-order valence-corrected chi connectivity index (χ0v) is 20.3. The lowest BCUT2D eigenvalue weighted by atomic mass is 9.50. The maximum Gasteiger partial charge on any atom is 0.302 e. The third-order valence-electron chi connectivity index (χ3n) is 7.75. The molecule has 4 aliphatic rings. The minimum atomic E-state index is -1.04. The molecule has 1 spiro atoms. The van der Waals surface area contributed by atoms with Gasteiger partial charge < -0.3 is 19.3 Å². The van der Waals surface area contributed by atoms with Gasteiger partial charge >= 0.3 is 5.97 Å². The third kappa shape index (κ3) is 3.92. The molecule has 7 atom stereocenters. The number of carbonyl (C=O) groups is 2. The average Bonchev–Trinajstić information content (AvgIpc) is 3.52. The van der Waals surface area contributed by atoms with Crippen LogP contribution < -0.4 is 0 Å². The lowest BCUT2D eigenvalue weighted by molar-refractivity contribution is -0.210. The first-order valence-corrected chi connectivity index (χ1v) is 11.6. The van der Waals surface area contributed by atoms with Crippen molar-refractivity contribution in [1.29, 1.82) is 0 Å². The van der Waals surface area contributed by atoms with Gasteiger partial charge in [-0.05, 0) is 37.7 Å². The van der Waals surface area contributed by atoms with Crippen LogP contribution in [0.4, 0.5) is 4.39 Å². The molecule has 0 bridgehead atoms. The van der Waals surface area contributed by atoms with Crippen LogP contribution in [-0.4, -0.2) is 54.1 Å². The summed E-state index contributed by atoms with van der Waals surface area (Å²) in [5.41, 5.74) is -0.924. The van der Waals surface area contributed by atoms with Crippen LogP contribution in [0.1, 0.15) is 60.8 Å². The van der Waals surface area contributed by atoms with E-state index >= 15 is 0 Å². The Morgan fingerprint density at radius 1 is 1.44 bits per heavy atom. The second-order valence-electron chi connectivity index (χ2n) is 9.28. The number of hydrogen-bond donors (Lipinski definition) is 1. The fraction of sp³-hybridized carbons (Fsp3) is 0.760. The summed E-state index contributed by atoms with van der Waals surface area (Å²) >= 11 is 0. The van der Waals surface area contributed by atoms with Crippen LogP contribution in [0.5, 0.6) is 0 Å². The van der Waals surface area contributed by atoms with Gasteiger partial charge in [0.05, 0.1) is 25.6 Å². The molecule has 0 aromatic rings. The molecule has 0 amide bonds. The smallest absolute Gasteiger partial charge is 0.302 e. The minimum Gasteiger partial charge on any atom is -0.516 e. The Labute approximate surface area is 191 Å². The van der Waals surface area contributed by atoms with Gasteiger partial charge in [0.2, 0.25) is 0 Å². The van der Waals surface area contributed by atoms with E-state index < -0.39 is 17.9 Å². The molecule has 0 aromatic heterocycles. The van der Waals surface area contributed by atoms with Crippen molar-refractivity contribution in [3.05, 3.63) is 24.5 Å². The van der Waals surface area contributed by atoms with Gasteiger partial charge in [-0.25, -0.2) is 0 Å². The van der Waals surface area contributed by atoms with Crippen molar-refractivity contribution in [2.45, 2.75) is 78.1 Å². The largest absolute Gasteiger partial charge is 0.516 e. The Balaban J connectivity index is 0.000000671. The quantitative estimate of drug-likeness (QED) is 0.286. The summed E-state index contributed by atoms with van der Waals surface area (Å²) in [5.74, 6) is -0.958. The number of carbonyl (C=O) groups excluding carboxylic acids is 2. The van der Waals surface area contributed by atoms with Gasteiger partial charge in [-0.2, -0.15) is 0 Å². The minimum absolute atomic E-state index is 0.0165. The van der Waals surface area contributed by atoms with E-state index in [1.807, 2.05) is 20.8 Å². The number of alkyl halides is 1. The summed E-state index contributed by atoms with van der Waals surface area (Å²) in [6.45, 7) is 14.3. The number of allylic oxidation sites excluding steroid dienone is 1. The second-order valence-corrected chi connectivity index (χ2v) is 9.28. The van der Waals surface area contributed by atoms with Gasteiger partial charge in [-0.3, -0.25) is 14.0 Å². The number of halogens is 1. The standard InChI is InChI=1S/C21H29FO5.C2H4O.C2H6/c1-12(9-22)15-8-17-21(27-17)19(3)7-5-6-14(10-25-13(2)23)16(19)11-26-20(21,4)18(15)24;1-2-3;1-2/h6,12,15-17H,5,7-11H2,1-4H3;2-3H,1H2;1-2H3/t12?,15?,16?,17-,19-,20+,21+;;/m0../s1. The number of esters is 1. The van der Waals surface area contributed by atoms with Crippen molar-refractivity contribution in [1.82, 2.24) is 0 Å². The number of hydrogen-bond acceptors (Lipinski definition) is 6. The molecule has 32 heavy (non-hydrogen) atoms. The Hall–Kier alpha value is -1.73. The molecule has 182 valence electrons. The Morgan fingerprint density at radius 3 is 2.62 bits per heavy atom. The fourth-order valence-electron chi connectivity index (χ4n) is 6.14. The van der Waals surface area contributed by atoms with Crippen LogP contribution in [0, 0.1) is 23.2 Å². The van der Waals surface area contributed by atoms with E-state index in [1.165, 1.54) is 6.92 Å². The topological polar surface area (TPSA) is 85.4 Å². The van der Waals surface area contributed by atoms with Crippen molar-refractivity contribution >= 4 is 11.8 Å². The summed E-state index contributed by atoms with van der Waals surface area (Å²) in [5, 5.41) is 7.33. The van der Waals surface area contributed by atoms with E-state index in [-0.39, 0.29) is 47.6 Å².